The topological polar surface area (TPSA) is 104 Å². The van der Waals surface area contributed by atoms with Crippen molar-refractivity contribution in [3.8, 4) is 0 Å². The number of ether oxygens (including phenoxy) is 1. The highest BCUT2D eigenvalue weighted by Crippen LogP contribution is 2.36. The van der Waals surface area contributed by atoms with Gasteiger partial charge in [-0.05, 0) is 26.8 Å². The van der Waals surface area contributed by atoms with Crippen molar-refractivity contribution >= 4 is 17.6 Å². The van der Waals surface area contributed by atoms with Crippen molar-refractivity contribution in [2.45, 2.75) is 32.4 Å². The van der Waals surface area contributed by atoms with Gasteiger partial charge >= 0.3 is 6.09 Å². The molecule has 3 heterocycles. The quantitative estimate of drug-likeness (QED) is 0.365. The van der Waals surface area contributed by atoms with E-state index in [2.05, 4.69) is 15.0 Å². The molecule has 0 aliphatic carbocycles. The summed E-state index contributed by atoms with van der Waals surface area (Å²) >= 11 is 0. The molecule has 0 saturated carbocycles. The van der Waals surface area contributed by atoms with Crippen LogP contribution in [0.5, 0.6) is 0 Å². The number of carbonyl (C=O) groups excluding carboxylic acids is 1. The lowest BCUT2D eigenvalue weighted by Gasteiger charge is -2.45. The maximum absolute atomic E-state index is 12.2. The van der Waals surface area contributed by atoms with Crippen molar-refractivity contribution in [2.24, 2.45) is 16.8 Å². The standard InChI is InChI=1S/C16H23N5O3/c1-16(2,3)24-15(22)20-7-11-8-21(13(11)9-20)12-4-10(5-18-6-12)14(17)19-23/h4-6,11,13,23H,7-9H2,1-3H3,(H2,17,19)/t11-,13-/m1/s1. The summed E-state index contributed by atoms with van der Waals surface area (Å²) in [4.78, 5) is 20.3. The number of hydrogen-bond acceptors (Lipinski definition) is 6. The second kappa shape index (κ2) is 5.85. The van der Waals surface area contributed by atoms with Crippen LogP contribution in [-0.2, 0) is 4.74 Å². The summed E-state index contributed by atoms with van der Waals surface area (Å²) in [5.41, 5.74) is 6.61. The SMILES string of the molecule is CC(C)(C)OC(=O)N1C[C@@H]2CN(c3cncc(/C(N)=N\O)c3)[C@@H]2C1. The Morgan fingerprint density at radius 1 is 1.38 bits per heavy atom. The number of pyridine rings is 1. The first kappa shape index (κ1) is 16.4. The first-order valence-electron chi connectivity index (χ1n) is 7.96. The number of hydrogen-bond donors (Lipinski definition) is 2. The third-order valence-corrected chi connectivity index (χ3v) is 4.35. The second-order valence-corrected chi connectivity index (χ2v) is 7.28. The summed E-state index contributed by atoms with van der Waals surface area (Å²) in [6.45, 7) is 7.80. The Morgan fingerprint density at radius 3 is 2.79 bits per heavy atom. The number of aromatic nitrogens is 1. The van der Waals surface area contributed by atoms with E-state index in [9.17, 15) is 4.79 Å². The van der Waals surface area contributed by atoms with E-state index in [-0.39, 0.29) is 18.0 Å². The van der Waals surface area contributed by atoms with Gasteiger partial charge in [0.15, 0.2) is 5.84 Å². The maximum Gasteiger partial charge on any atom is 0.410 e. The summed E-state index contributed by atoms with van der Waals surface area (Å²) in [7, 11) is 0. The number of anilines is 1. The molecule has 1 aromatic rings. The van der Waals surface area contributed by atoms with E-state index in [0.717, 1.165) is 12.2 Å². The first-order chi connectivity index (χ1) is 11.3. The minimum atomic E-state index is -0.488. The van der Waals surface area contributed by atoms with E-state index in [1.165, 1.54) is 0 Å². The van der Waals surface area contributed by atoms with Gasteiger partial charge in [0.1, 0.15) is 5.60 Å². The molecule has 24 heavy (non-hydrogen) atoms. The van der Waals surface area contributed by atoms with E-state index >= 15 is 0 Å². The number of nitrogens with zero attached hydrogens (tertiary/aromatic N) is 4. The fourth-order valence-electron chi connectivity index (χ4n) is 3.19. The van der Waals surface area contributed by atoms with Gasteiger partial charge in [0.25, 0.3) is 0 Å². The maximum atomic E-state index is 12.2. The van der Waals surface area contributed by atoms with E-state index in [1.54, 1.807) is 17.3 Å². The van der Waals surface area contributed by atoms with Gasteiger partial charge in [-0.25, -0.2) is 4.79 Å². The minimum Gasteiger partial charge on any atom is -0.444 e. The highest BCUT2D eigenvalue weighted by molar-refractivity contribution is 5.97. The lowest BCUT2D eigenvalue weighted by Crippen LogP contribution is -2.56. The molecule has 0 radical (unpaired) electrons. The van der Waals surface area contributed by atoms with Crippen LogP contribution in [0.3, 0.4) is 0 Å². The van der Waals surface area contributed by atoms with Crippen LogP contribution < -0.4 is 10.6 Å². The number of likely N-dealkylation sites (tertiary alicyclic amines) is 1. The van der Waals surface area contributed by atoms with Gasteiger partial charge < -0.3 is 25.5 Å². The lowest BCUT2D eigenvalue weighted by molar-refractivity contribution is 0.0291. The number of nitrogens with two attached hydrogens (primary N) is 1. The Kier molecular flexibility index (Phi) is 3.98. The number of amidine groups is 1. The van der Waals surface area contributed by atoms with Crippen LogP contribution in [0, 0.1) is 5.92 Å². The van der Waals surface area contributed by atoms with Gasteiger partial charge in [-0.2, -0.15) is 0 Å². The predicted octanol–water partition coefficient (Wildman–Crippen LogP) is 1.23. The van der Waals surface area contributed by atoms with Crippen LogP contribution in [0.1, 0.15) is 26.3 Å². The van der Waals surface area contributed by atoms with Crippen molar-refractivity contribution in [2.75, 3.05) is 24.5 Å². The fraction of sp³-hybridized carbons (Fsp3) is 0.562. The molecule has 8 heteroatoms. The summed E-state index contributed by atoms with van der Waals surface area (Å²) in [6.07, 6.45) is 3.04. The normalized spacial score (nSPS) is 23.7. The Balaban J connectivity index is 1.68. The van der Waals surface area contributed by atoms with Crippen LogP contribution in [-0.4, -0.2) is 58.3 Å². The summed E-state index contributed by atoms with van der Waals surface area (Å²) in [6, 6.07) is 2.09. The third kappa shape index (κ3) is 3.08. The van der Waals surface area contributed by atoms with Crippen molar-refractivity contribution in [3.05, 3.63) is 24.0 Å². The van der Waals surface area contributed by atoms with E-state index < -0.39 is 5.60 Å². The molecule has 1 aromatic heterocycles. The molecule has 0 spiro atoms. The molecule has 1 amide bonds. The van der Waals surface area contributed by atoms with Gasteiger partial charge in [0.2, 0.25) is 0 Å². The number of amides is 1. The molecular formula is C16H23N5O3. The Morgan fingerprint density at radius 2 is 2.12 bits per heavy atom. The highest BCUT2D eigenvalue weighted by atomic mass is 16.6. The molecule has 0 aromatic carbocycles. The molecule has 0 unspecified atom stereocenters. The molecular weight excluding hydrogens is 310 g/mol. The molecule has 2 aliphatic rings. The molecule has 2 saturated heterocycles. The number of carbonyl (C=O) groups is 1. The summed E-state index contributed by atoms with van der Waals surface area (Å²) in [5.74, 6) is 0.466. The molecule has 2 aliphatic heterocycles. The average molecular weight is 333 g/mol. The molecule has 8 nitrogen and oxygen atoms in total. The van der Waals surface area contributed by atoms with Crippen molar-refractivity contribution in [1.82, 2.24) is 9.88 Å². The van der Waals surface area contributed by atoms with E-state index in [0.29, 0.717) is 24.6 Å². The van der Waals surface area contributed by atoms with E-state index in [4.69, 9.17) is 15.7 Å². The monoisotopic (exact) mass is 333 g/mol. The highest BCUT2D eigenvalue weighted by Gasteiger charge is 2.47. The number of fused-ring (bicyclic) bond motifs is 1. The molecule has 2 fully saturated rings. The molecule has 0 bridgehead atoms. The van der Waals surface area contributed by atoms with Crippen LogP contribution in [0.2, 0.25) is 0 Å². The number of rotatable bonds is 2. The fourth-order valence-corrected chi connectivity index (χ4v) is 3.19. The van der Waals surface area contributed by atoms with Crippen molar-refractivity contribution in [1.29, 1.82) is 0 Å². The summed E-state index contributed by atoms with van der Waals surface area (Å²) in [5, 5.41) is 11.8. The second-order valence-electron chi connectivity index (χ2n) is 7.28. The molecule has 130 valence electrons. The third-order valence-electron chi connectivity index (χ3n) is 4.35. The first-order valence-corrected chi connectivity index (χ1v) is 7.96. The Bertz CT molecular complexity index is 670. The van der Waals surface area contributed by atoms with E-state index in [1.807, 2.05) is 26.8 Å². The Labute approximate surface area is 140 Å². The van der Waals surface area contributed by atoms with Gasteiger partial charge in [-0.1, -0.05) is 5.16 Å². The van der Waals surface area contributed by atoms with Crippen LogP contribution in [0.25, 0.3) is 0 Å². The predicted molar refractivity (Wildman–Crippen MR) is 89.2 cm³/mol. The van der Waals surface area contributed by atoms with Crippen molar-refractivity contribution < 1.29 is 14.7 Å². The van der Waals surface area contributed by atoms with Gasteiger partial charge in [-0.3, -0.25) is 4.98 Å². The van der Waals surface area contributed by atoms with Gasteiger partial charge in [-0.15, -0.1) is 0 Å². The molecule has 3 rings (SSSR count). The Hall–Kier alpha value is -2.51. The zero-order chi connectivity index (χ0) is 17.5. The lowest BCUT2D eigenvalue weighted by atomic mass is 9.91. The van der Waals surface area contributed by atoms with Crippen LogP contribution in [0.4, 0.5) is 10.5 Å². The smallest absolute Gasteiger partial charge is 0.410 e. The largest absolute Gasteiger partial charge is 0.444 e. The van der Waals surface area contributed by atoms with Gasteiger partial charge in [0.05, 0.1) is 17.9 Å². The van der Waals surface area contributed by atoms with Crippen molar-refractivity contribution in [3.63, 3.8) is 0 Å². The zero-order valence-corrected chi connectivity index (χ0v) is 14.1. The number of oxime groups is 1. The molecule has 2 atom stereocenters. The zero-order valence-electron chi connectivity index (χ0n) is 14.1. The summed E-state index contributed by atoms with van der Waals surface area (Å²) < 4.78 is 5.45. The van der Waals surface area contributed by atoms with Crippen LogP contribution in [0.15, 0.2) is 23.6 Å². The molecule has 3 N–H and O–H groups in total. The average Bonchev–Trinajstić information content (AvgIpc) is 2.83. The minimum absolute atomic E-state index is 0.0308. The van der Waals surface area contributed by atoms with Gasteiger partial charge in [0, 0.05) is 37.3 Å². The van der Waals surface area contributed by atoms with Crippen LogP contribution >= 0.6 is 0 Å².